The molecule has 2 heterocycles. The number of aromatic nitrogens is 2. The summed E-state index contributed by atoms with van der Waals surface area (Å²) in [6, 6.07) is 12.4. The molecular weight excluding hydrogens is 262 g/mol. The summed E-state index contributed by atoms with van der Waals surface area (Å²) in [5.74, 6) is 1.82. The number of aryl methyl sites for hydroxylation is 2. The van der Waals surface area contributed by atoms with Crippen LogP contribution in [0.1, 0.15) is 30.1 Å². The highest BCUT2D eigenvalue weighted by atomic mass is 16.5. The third-order valence-electron chi connectivity index (χ3n) is 3.71. The molecular formula is C17H21N3O. The zero-order valence-corrected chi connectivity index (χ0v) is 12.8. The van der Waals surface area contributed by atoms with Crippen LogP contribution in [0.4, 0.5) is 5.82 Å². The van der Waals surface area contributed by atoms with Crippen molar-refractivity contribution in [2.24, 2.45) is 0 Å². The summed E-state index contributed by atoms with van der Waals surface area (Å²) in [7, 11) is 0. The lowest BCUT2D eigenvalue weighted by Gasteiger charge is -2.37. The molecule has 21 heavy (non-hydrogen) atoms. The van der Waals surface area contributed by atoms with Crippen molar-refractivity contribution in [3.05, 3.63) is 53.5 Å². The van der Waals surface area contributed by atoms with E-state index in [-0.39, 0.29) is 12.2 Å². The van der Waals surface area contributed by atoms with Crippen LogP contribution in [0.3, 0.4) is 0 Å². The number of rotatable bonds is 2. The third kappa shape index (κ3) is 3.22. The molecule has 0 radical (unpaired) electrons. The van der Waals surface area contributed by atoms with E-state index in [1.807, 2.05) is 26.0 Å². The highest BCUT2D eigenvalue weighted by Crippen LogP contribution is 2.27. The molecule has 1 aliphatic heterocycles. The van der Waals surface area contributed by atoms with E-state index in [0.717, 1.165) is 30.4 Å². The smallest absolute Gasteiger partial charge is 0.132 e. The number of anilines is 1. The average Bonchev–Trinajstić information content (AvgIpc) is 2.46. The molecule has 0 aliphatic carbocycles. The average molecular weight is 283 g/mol. The summed E-state index contributed by atoms with van der Waals surface area (Å²) >= 11 is 0. The van der Waals surface area contributed by atoms with E-state index >= 15 is 0 Å². The van der Waals surface area contributed by atoms with Crippen LogP contribution in [-0.4, -0.2) is 29.2 Å². The Labute approximate surface area is 125 Å². The van der Waals surface area contributed by atoms with E-state index in [0.29, 0.717) is 0 Å². The maximum atomic E-state index is 6.10. The Morgan fingerprint density at radius 2 is 1.86 bits per heavy atom. The van der Waals surface area contributed by atoms with Crippen LogP contribution in [0.15, 0.2) is 36.4 Å². The minimum absolute atomic E-state index is 0.0885. The predicted molar refractivity (Wildman–Crippen MR) is 83.4 cm³/mol. The quantitative estimate of drug-likeness (QED) is 0.849. The fourth-order valence-electron chi connectivity index (χ4n) is 2.85. The van der Waals surface area contributed by atoms with Gasteiger partial charge in [-0.15, -0.1) is 0 Å². The first kappa shape index (κ1) is 14.0. The van der Waals surface area contributed by atoms with Crippen LogP contribution < -0.4 is 4.90 Å². The van der Waals surface area contributed by atoms with Crippen molar-refractivity contribution in [1.29, 1.82) is 0 Å². The summed E-state index contributed by atoms with van der Waals surface area (Å²) in [5, 5.41) is 0. The van der Waals surface area contributed by atoms with Gasteiger partial charge in [-0.2, -0.15) is 0 Å². The number of nitrogens with zero attached hydrogens (tertiary/aromatic N) is 3. The Hall–Kier alpha value is -1.94. The molecule has 1 fully saturated rings. The van der Waals surface area contributed by atoms with Gasteiger partial charge in [-0.25, -0.2) is 9.97 Å². The Bertz CT molecular complexity index is 594. The van der Waals surface area contributed by atoms with E-state index < -0.39 is 0 Å². The topological polar surface area (TPSA) is 38.2 Å². The van der Waals surface area contributed by atoms with Gasteiger partial charge in [0.1, 0.15) is 17.7 Å². The van der Waals surface area contributed by atoms with Crippen LogP contribution in [0.2, 0.25) is 0 Å². The summed E-state index contributed by atoms with van der Waals surface area (Å²) in [5.41, 5.74) is 2.23. The van der Waals surface area contributed by atoms with Gasteiger partial charge >= 0.3 is 0 Å². The van der Waals surface area contributed by atoms with Gasteiger partial charge in [0.25, 0.3) is 0 Å². The van der Waals surface area contributed by atoms with Crippen molar-refractivity contribution in [2.75, 3.05) is 18.0 Å². The van der Waals surface area contributed by atoms with E-state index in [1.54, 1.807) is 0 Å². The van der Waals surface area contributed by atoms with Crippen LogP contribution >= 0.6 is 0 Å². The second-order valence-electron chi connectivity index (χ2n) is 5.67. The molecule has 1 aromatic carbocycles. The molecule has 2 atom stereocenters. The van der Waals surface area contributed by atoms with Gasteiger partial charge in [-0.05, 0) is 26.3 Å². The van der Waals surface area contributed by atoms with Crippen LogP contribution in [0.5, 0.6) is 0 Å². The van der Waals surface area contributed by atoms with Gasteiger partial charge in [0, 0.05) is 24.8 Å². The molecule has 0 bridgehead atoms. The zero-order valence-electron chi connectivity index (χ0n) is 12.8. The molecule has 0 amide bonds. The molecule has 0 saturated carbocycles. The second kappa shape index (κ2) is 5.82. The maximum Gasteiger partial charge on any atom is 0.132 e. The molecule has 3 rings (SSSR count). The monoisotopic (exact) mass is 283 g/mol. The standard InChI is InChI=1S/C17H21N3O/c1-12-9-17(19-14(3)18-12)20-10-13(2)21-16(11-20)15-7-5-4-6-8-15/h4-9,13,16H,10-11H2,1-3H3/t13-,16-/m0/s1. The lowest BCUT2D eigenvalue weighted by molar-refractivity contribution is -0.0176. The third-order valence-corrected chi connectivity index (χ3v) is 3.71. The summed E-state index contributed by atoms with van der Waals surface area (Å²) in [4.78, 5) is 11.2. The normalized spacial score (nSPS) is 22.3. The second-order valence-corrected chi connectivity index (χ2v) is 5.67. The molecule has 1 aromatic heterocycles. The summed E-state index contributed by atoms with van der Waals surface area (Å²) in [6.07, 6.45) is 0.269. The van der Waals surface area contributed by atoms with Crippen LogP contribution in [0, 0.1) is 13.8 Å². The fourth-order valence-corrected chi connectivity index (χ4v) is 2.85. The highest BCUT2D eigenvalue weighted by Gasteiger charge is 2.27. The van der Waals surface area contributed by atoms with Gasteiger partial charge in [-0.1, -0.05) is 30.3 Å². The molecule has 4 nitrogen and oxygen atoms in total. The van der Waals surface area contributed by atoms with Crippen LogP contribution in [-0.2, 0) is 4.74 Å². The molecule has 0 N–H and O–H groups in total. The van der Waals surface area contributed by atoms with E-state index in [4.69, 9.17) is 4.74 Å². The highest BCUT2D eigenvalue weighted by molar-refractivity contribution is 5.41. The van der Waals surface area contributed by atoms with Crippen molar-refractivity contribution >= 4 is 5.82 Å². The lowest BCUT2D eigenvalue weighted by Crippen LogP contribution is -2.43. The Balaban J connectivity index is 1.86. The van der Waals surface area contributed by atoms with Crippen molar-refractivity contribution < 1.29 is 4.74 Å². The minimum atomic E-state index is 0.0885. The predicted octanol–water partition coefficient (Wildman–Crippen LogP) is 3.06. The number of ether oxygens (including phenoxy) is 1. The molecule has 1 saturated heterocycles. The number of benzene rings is 1. The Morgan fingerprint density at radius 1 is 1.10 bits per heavy atom. The van der Waals surface area contributed by atoms with Crippen molar-refractivity contribution in [1.82, 2.24) is 9.97 Å². The molecule has 2 aromatic rings. The van der Waals surface area contributed by atoms with Crippen LogP contribution in [0.25, 0.3) is 0 Å². The lowest BCUT2D eigenvalue weighted by atomic mass is 10.1. The molecule has 1 aliphatic rings. The van der Waals surface area contributed by atoms with E-state index in [9.17, 15) is 0 Å². The first-order valence-electron chi connectivity index (χ1n) is 7.39. The summed E-state index contributed by atoms with van der Waals surface area (Å²) in [6.45, 7) is 7.75. The largest absolute Gasteiger partial charge is 0.367 e. The SMILES string of the molecule is Cc1cc(N2C[C@@H](c3ccccc3)O[C@@H](C)C2)nc(C)n1. The maximum absolute atomic E-state index is 6.10. The van der Waals surface area contributed by atoms with Crippen molar-refractivity contribution in [3.63, 3.8) is 0 Å². The number of morpholine rings is 1. The Morgan fingerprint density at radius 3 is 2.57 bits per heavy atom. The first-order chi connectivity index (χ1) is 10.1. The van der Waals surface area contributed by atoms with Gasteiger partial charge in [0.05, 0.1) is 6.10 Å². The number of hydrogen-bond donors (Lipinski definition) is 0. The fraction of sp³-hybridized carbons (Fsp3) is 0.412. The van der Waals surface area contributed by atoms with E-state index in [1.165, 1.54) is 5.56 Å². The first-order valence-corrected chi connectivity index (χ1v) is 7.39. The van der Waals surface area contributed by atoms with Crippen molar-refractivity contribution in [3.8, 4) is 0 Å². The molecule has 0 unspecified atom stereocenters. The molecule has 4 heteroatoms. The number of hydrogen-bond acceptors (Lipinski definition) is 4. The Kier molecular flexibility index (Phi) is 3.88. The molecule has 0 spiro atoms. The van der Waals surface area contributed by atoms with E-state index in [2.05, 4.69) is 46.1 Å². The minimum Gasteiger partial charge on any atom is -0.367 e. The van der Waals surface area contributed by atoms with Gasteiger partial charge in [0.2, 0.25) is 0 Å². The molecule has 110 valence electrons. The van der Waals surface area contributed by atoms with Crippen molar-refractivity contribution in [2.45, 2.75) is 33.0 Å². The van der Waals surface area contributed by atoms with Gasteiger partial charge in [-0.3, -0.25) is 0 Å². The summed E-state index contributed by atoms with van der Waals surface area (Å²) < 4.78 is 6.10. The van der Waals surface area contributed by atoms with Gasteiger partial charge < -0.3 is 9.64 Å². The van der Waals surface area contributed by atoms with Gasteiger partial charge in [0.15, 0.2) is 0 Å². The zero-order chi connectivity index (χ0) is 14.8.